The Morgan fingerprint density at radius 1 is 0.966 bits per heavy atom. The van der Waals surface area contributed by atoms with E-state index in [1.165, 1.54) is 16.7 Å². The number of hydrogen-bond acceptors (Lipinski definition) is 4. The number of allylic oxidation sites excluding steroid dienone is 2. The lowest BCUT2D eigenvalue weighted by Crippen LogP contribution is -2.19. The molecule has 4 heteroatoms. The number of aromatic nitrogens is 2. The minimum Gasteiger partial charge on any atom is -0.340 e. The first kappa shape index (κ1) is 20.7. The molecular weight excluding hydrogens is 356 g/mol. The van der Waals surface area contributed by atoms with E-state index in [1.54, 1.807) is 0 Å². The highest BCUT2D eigenvalue weighted by Crippen LogP contribution is 2.36. The lowest BCUT2D eigenvalue weighted by Gasteiger charge is -2.17. The summed E-state index contributed by atoms with van der Waals surface area (Å²) in [5.41, 5.74) is 6.02. The van der Waals surface area contributed by atoms with Crippen LogP contribution in [0.5, 0.6) is 0 Å². The Morgan fingerprint density at radius 2 is 1.66 bits per heavy atom. The molecule has 0 radical (unpaired) electrons. The van der Waals surface area contributed by atoms with Gasteiger partial charge in [-0.2, -0.15) is 0 Å². The molecule has 29 heavy (non-hydrogen) atoms. The van der Waals surface area contributed by atoms with Gasteiger partial charge in [0.2, 0.25) is 0 Å². The van der Waals surface area contributed by atoms with Crippen molar-refractivity contribution >= 4 is 17.1 Å². The summed E-state index contributed by atoms with van der Waals surface area (Å²) in [5.74, 6) is 1.68. The summed E-state index contributed by atoms with van der Waals surface area (Å²) in [6.07, 6.45) is 3.33. The van der Waals surface area contributed by atoms with Crippen LogP contribution in [0.25, 0.3) is 5.57 Å². The molecule has 0 unspecified atom stereocenters. The number of aryl methyl sites for hydroxylation is 1. The molecular formula is C25H32N4. The first-order chi connectivity index (χ1) is 14.2. The van der Waals surface area contributed by atoms with Gasteiger partial charge in [-0.3, -0.25) is 4.90 Å². The molecule has 1 aliphatic rings. The molecule has 0 fully saturated rings. The van der Waals surface area contributed by atoms with Crippen LogP contribution >= 0.6 is 0 Å². The molecule has 0 amide bonds. The number of rotatable bonds is 7. The van der Waals surface area contributed by atoms with E-state index >= 15 is 0 Å². The van der Waals surface area contributed by atoms with Crippen molar-refractivity contribution < 1.29 is 1.43 Å². The molecule has 1 heterocycles. The molecule has 1 aliphatic carbocycles. The Hall–Kier alpha value is -2.98. The van der Waals surface area contributed by atoms with Crippen LogP contribution in [-0.4, -0.2) is 21.9 Å². The minimum absolute atomic E-state index is 0. The number of benzene rings is 2. The molecule has 0 atom stereocenters. The summed E-state index contributed by atoms with van der Waals surface area (Å²) in [6, 6.07) is 20.9. The molecule has 4 rings (SSSR count). The van der Waals surface area contributed by atoms with Gasteiger partial charge >= 0.3 is 0 Å². The van der Waals surface area contributed by atoms with Crippen LogP contribution in [0.2, 0.25) is 0 Å². The van der Waals surface area contributed by atoms with Gasteiger partial charge in [0.15, 0.2) is 0 Å². The quantitative estimate of drug-likeness (QED) is 0.522. The van der Waals surface area contributed by atoms with E-state index in [9.17, 15) is 0 Å². The first-order valence-electron chi connectivity index (χ1n) is 10.3. The zero-order chi connectivity index (χ0) is 20.6. The van der Waals surface area contributed by atoms with Crippen LogP contribution in [0.4, 0.5) is 11.5 Å². The Bertz CT molecular complexity index is 970. The third kappa shape index (κ3) is 6.00. The Morgan fingerprint density at radius 3 is 2.38 bits per heavy atom. The number of anilines is 2. The van der Waals surface area contributed by atoms with Crippen molar-refractivity contribution in [2.24, 2.45) is 0 Å². The van der Waals surface area contributed by atoms with Gasteiger partial charge in [-0.15, -0.1) is 0 Å². The van der Waals surface area contributed by atoms with Crippen LogP contribution in [0.15, 0.2) is 66.7 Å². The monoisotopic (exact) mass is 388 g/mol. The summed E-state index contributed by atoms with van der Waals surface area (Å²) in [6.45, 7) is 7.60. The SMILES string of the molecule is CC.Cc1cc(Nc2ccccc2C2=CC2)nc(CN(C)Cc2ccccc2)n1.[HH]. The van der Waals surface area contributed by atoms with E-state index in [1.807, 2.05) is 32.9 Å². The Balaban J connectivity index is 0.00000104. The second kappa shape index (κ2) is 9.99. The standard InChI is InChI=1S/C23H24N4.C2H6.H2/c1-17-14-22(25-21-11-7-6-10-20(21)19-12-13-19)26-23(24-17)16-27(2)15-18-8-4-3-5-9-18;1-2;/h3-12,14H,13,15-16H2,1-2H3,(H,24,25,26);1-2H3;1H. The molecule has 0 saturated carbocycles. The number of nitrogens with one attached hydrogen (secondary N) is 1. The molecule has 1 N–H and O–H groups in total. The van der Waals surface area contributed by atoms with Crippen molar-refractivity contribution in [2.45, 2.75) is 40.3 Å². The second-order valence-corrected chi connectivity index (χ2v) is 7.07. The van der Waals surface area contributed by atoms with E-state index in [2.05, 4.69) is 76.9 Å². The Kier molecular flexibility index (Phi) is 7.14. The summed E-state index contributed by atoms with van der Waals surface area (Å²) < 4.78 is 0. The fourth-order valence-corrected chi connectivity index (χ4v) is 3.24. The van der Waals surface area contributed by atoms with Crippen molar-refractivity contribution in [1.29, 1.82) is 0 Å². The Labute approximate surface area is 175 Å². The van der Waals surface area contributed by atoms with Crippen LogP contribution in [0.3, 0.4) is 0 Å². The van der Waals surface area contributed by atoms with Crippen molar-refractivity contribution in [1.82, 2.24) is 14.9 Å². The van der Waals surface area contributed by atoms with Crippen molar-refractivity contribution in [3.05, 3.63) is 89.4 Å². The van der Waals surface area contributed by atoms with Gasteiger partial charge in [0.1, 0.15) is 11.6 Å². The lowest BCUT2D eigenvalue weighted by atomic mass is 10.1. The fourth-order valence-electron chi connectivity index (χ4n) is 3.24. The van der Waals surface area contributed by atoms with Gasteiger partial charge in [0.25, 0.3) is 0 Å². The van der Waals surface area contributed by atoms with Gasteiger partial charge < -0.3 is 5.32 Å². The fraction of sp³-hybridized carbons (Fsp3) is 0.280. The molecule has 0 spiro atoms. The highest BCUT2D eigenvalue weighted by Gasteiger charge is 2.15. The third-order valence-electron chi connectivity index (χ3n) is 4.55. The molecule has 0 saturated heterocycles. The predicted octanol–water partition coefficient (Wildman–Crippen LogP) is 6.22. The summed E-state index contributed by atoms with van der Waals surface area (Å²) in [5, 5.41) is 3.49. The average molecular weight is 389 g/mol. The maximum absolute atomic E-state index is 4.75. The van der Waals surface area contributed by atoms with Gasteiger partial charge in [0, 0.05) is 31.0 Å². The smallest absolute Gasteiger partial charge is 0.144 e. The summed E-state index contributed by atoms with van der Waals surface area (Å²) in [4.78, 5) is 11.6. The predicted molar refractivity (Wildman–Crippen MR) is 124 cm³/mol. The van der Waals surface area contributed by atoms with E-state index in [4.69, 9.17) is 4.98 Å². The zero-order valence-corrected chi connectivity index (χ0v) is 17.8. The van der Waals surface area contributed by atoms with Crippen LogP contribution < -0.4 is 5.32 Å². The lowest BCUT2D eigenvalue weighted by molar-refractivity contribution is 0.310. The number of para-hydroxylation sites is 1. The van der Waals surface area contributed by atoms with E-state index < -0.39 is 0 Å². The first-order valence-corrected chi connectivity index (χ1v) is 10.3. The maximum atomic E-state index is 4.75. The minimum atomic E-state index is 0. The highest BCUT2D eigenvalue weighted by atomic mass is 15.1. The zero-order valence-electron chi connectivity index (χ0n) is 17.8. The van der Waals surface area contributed by atoms with Crippen LogP contribution in [0, 0.1) is 6.92 Å². The molecule has 1 aromatic heterocycles. The molecule has 4 nitrogen and oxygen atoms in total. The van der Waals surface area contributed by atoms with Gasteiger partial charge in [-0.1, -0.05) is 68.5 Å². The number of nitrogens with zero attached hydrogens (tertiary/aromatic N) is 3. The van der Waals surface area contributed by atoms with Gasteiger partial charge in [-0.05, 0) is 37.6 Å². The topological polar surface area (TPSA) is 41.1 Å². The van der Waals surface area contributed by atoms with Crippen molar-refractivity contribution in [3.8, 4) is 0 Å². The summed E-state index contributed by atoms with van der Waals surface area (Å²) >= 11 is 0. The van der Waals surface area contributed by atoms with E-state index in [0.717, 1.165) is 36.0 Å². The van der Waals surface area contributed by atoms with Crippen molar-refractivity contribution in [3.63, 3.8) is 0 Å². The average Bonchev–Trinajstić information content (AvgIpc) is 3.55. The van der Waals surface area contributed by atoms with Crippen LogP contribution in [-0.2, 0) is 13.1 Å². The molecule has 0 aliphatic heterocycles. The molecule has 152 valence electrons. The van der Waals surface area contributed by atoms with E-state index in [-0.39, 0.29) is 1.43 Å². The second-order valence-electron chi connectivity index (χ2n) is 7.07. The van der Waals surface area contributed by atoms with Crippen LogP contribution in [0.1, 0.15) is 44.3 Å². The summed E-state index contributed by atoms with van der Waals surface area (Å²) in [7, 11) is 2.10. The molecule has 0 bridgehead atoms. The highest BCUT2D eigenvalue weighted by molar-refractivity contribution is 5.85. The van der Waals surface area contributed by atoms with Gasteiger partial charge in [-0.25, -0.2) is 9.97 Å². The third-order valence-corrected chi connectivity index (χ3v) is 4.55. The van der Waals surface area contributed by atoms with Crippen molar-refractivity contribution in [2.75, 3.05) is 12.4 Å². The molecule has 3 aromatic rings. The number of hydrogen-bond donors (Lipinski definition) is 1. The molecule has 2 aromatic carbocycles. The largest absolute Gasteiger partial charge is 0.340 e. The maximum Gasteiger partial charge on any atom is 0.144 e. The van der Waals surface area contributed by atoms with Gasteiger partial charge in [0.05, 0.1) is 6.54 Å². The normalized spacial score (nSPS) is 12.1. The van der Waals surface area contributed by atoms with E-state index in [0.29, 0.717) is 6.54 Å².